The Labute approximate surface area is 133 Å². The Hall–Kier alpha value is -2.13. The number of nitrogens with zero attached hydrogens (tertiary/aromatic N) is 1. The van der Waals surface area contributed by atoms with E-state index >= 15 is 0 Å². The monoisotopic (exact) mass is 296 g/mol. The molecule has 0 unspecified atom stereocenters. The maximum atomic E-state index is 12.7. The Morgan fingerprint density at radius 1 is 0.955 bits per heavy atom. The zero-order valence-electron chi connectivity index (χ0n) is 13.5. The van der Waals surface area contributed by atoms with Crippen LogP contribution in [0.1, 0.15) is 26.3 Å². The highest BCUT2D eigenvalue weighted by atomic mass is 16.2. The fraction of sp³-hybridized carbons (Fsp3) is 0.316. The zero-order valence-corrected chi connectivity index (χ0v) is 13.5. The van der Waals surface area contributed by atoms with E-state index in [1.165, 1.54) is 0 Å². The van der Waals surface area contributed by atoms with Crippen LogP contribution in [0.5, 0.6) is 0 Å². The molecule has 0 fully saturated rings. The summed E-state index contributed by atoms with van der Waals surface area (Å²) in [6.45, 7) is 7.08. The Balaban J connectivity index is 2.17. The average Bonchev–Trinajstić information content (AvgIpc) is 2.51. The number of hydrogen-bond acceptors (Lipinski definition) is 2. The molecule has 0 spiro atoms. The number of nitrogens with one attached hydrogen (secondary N) is 1. The highest BCUT2D eigenvalue weighted by Gasteiger charge is 2.18. The van der Waals surface area contributed by atoms with E-state index < -0.39 is 0 Å². The Morgan fingerprint density at radius 2 is 1.50 bits per heavy atom. The topological polar surface area (TPSA) is 32.3 Å². The van der Waals surface area contributed by atoms with Gasteiger partial charge in [-0.25, -0.2) is 0 Å². The normalized spacial score (nSPS) is 11.2. The summed E-state index contributed by atoms with van der Waals surface area (Å²) in [5.41, 5.74) is 1.97. The Kier molecular flexibility index (Phi) is 5.34. The van der Waals surface area contributed by atoms with Crippen molar-refractivity contribution >= 4 is 11.6 Å². The quantitative estimate of drug-likeness (QED) is 0.914. The minimum absolute atomic E-state index is 0.0741. The van der Waals surface area contributed by atoms with E-state index in [4.69, 9.17) is 0 Å². The average molecular weight is 296 g/mol. The summed E-state index contributed by atoms with van der Waals surface area (Å²) >= 11 is 0. The number of para-hydroxylation sites is 1. The molecule has 0 saturated carbocycles. The van der Waals surface area contributed by atoms with Crippen molar-refractivity contribution in [1.82, 2.24) is 5.32 Å². The van der Waals surface area contributed by atoms with Crippen LogP contribution >= 0.6 is 0 Å². The smallest absolute Gasteiger partial charge is 0.241 e. The molecule has 2 rings (SSSR count). The summed E-state index contributed by atoms with van der Waals surface area (Å²) in [5, 5.41) is 3.27. The second-order valence-corrected chi connectivity index (χ2v) is 6.40. The molecule has 0 saturated heterocycles. The first kappa shape index (κ1) is 16.2. The van der Waals surface area contributed by atoms with Crippen LogP contribution in [0.25, 0.3) is 0 Å². The molecule has 2 aromatic carbocycles. The van der Waals surface area contributed by atoms with E-state index in [9.17, 15) is 4.79 Å². The molecule has 3 nitrogen and oxygen atoms in total. The van der Waals surface area contributed by atoms with E-state index in [2.05, 4.69) is 26.1 Å². The van der Waals surface area contributed by atoms with Crippen molar-refractivity contribution in [3.05, 3.63) is 66.2 Å². The zero-order chi connectivity index (χ0) is 16.0. The number of amides is 1. The molecule has 116 valence electrons. The van der Waals surface area contributed by atoms with Gasteiger partial charge in [0.15, 0.2) is 0 Å². The summed E-state index contributed by atoms with van der Waals surface area (Å²) in [7, 11) is 0. The largest absolute Gasteiger partial charge is 0.307 e. The summed E-state index contributed by atoms with van der Waals surface area (Å²) < 4.78 is 0. The van der Waals surface area contributed by atoms with Gasteiger partial charge in [-0.2, -0.15) is 0 Å². The second-order valence-electron chi connectivity index (χ2n) is 6.40. The van der Waals surface area contributed by atoms with Gasteiger partial charge in [-0.1, -0.05) is 48.5 Å². The van der Waals surface area contributed by atoms with Gasteiger partial charge in [-0.05, 0) is 38.5 Å². The van der Waals surface area contributed by atoms with Crippen LogP contribution in [-0.2, 0) is 11.3 Å². The van der Waals surface area contributed by atoms with Gasteiger partial charge in [0.2, 0.25) is 5.91 Å². The van der Waals surface area contributed by atoms with Gasteiger partial charge in [0.1, 0.15) is 0 Å². The maximum Gasteiger partial charge on any atom is 0.241 e. The molecule has 0 radical (unpaired) electrons. The van der Waals surface area contributed by atoms with Gasteiger partial charge in [-0.3, -0.25) is 4.79 Å². The molecule has 2 aromatic rings. The van der Waals surface area contributed by atoms with E-state index in [0.717, 1.165) is 11.3 Å². The Morgan fingerprint density at radius 3 is 2.05 bits per heavy atom. The van der Waals surface area contributed by atoms with Crippen molar-refractivity contribution in [2.75, 3.05) is 11.4 Å². The first-order chi connectivity index (χ1) is 10.5. The standard InChI is InChI=1S/C19H24N2O/c1-19(2,3)20-14-18(22)21(17-12-8-5-9-13-17)15-16-10-6-4-7-11-16/h4-13,20H,14-15H2,1-3H3. The van der Waals surface area contributed by atoms with Gasteiger partial charge in [-0.15, -0.1) is 0 Å². The summed E-state index contributed by atoms with van der Waals surface area (Å²) in [6.07, 6.45) is 0. The SMILES string of the molecule is CC(C)(C)NCC(=O)N(Cc1ccccc1)c1ccccc1. The van der Waals surface area contributed by atoms with E-state index in [-0.39, 0.29) is 11.4 Å². The van der Waals surface area contributed by atoms with Crippen LogP contribution in [0.2, 0.25) is 0 Å². The molecule has 3 heteroatoms. The molecular weight excluding hydrogens is 272 g/mol. The van der Waals surface area contributed by atoms with Gasteiger partial charge in [0.25, 0.3) is 0 Å². The summed E-state index contributed by atoms with van der Waals surface area (Å²) in [5.74, 6) is 0.0741. The van der Waals surface area contributed by atoms with Crippen LogP contribution in [-0.4, -0.2) is 18.0 Å². The van der Waals surface area contributed by atoms with Crippen LogP contribution < -0.4 is 10.2 Å². The number of rotatable bonds is 5. The molecule has 0 aliphatic rings. The third-order valence-electron chi connectivity index (χ3n) is 3.32. The third-order valence-corrected chi connectivity index (χ3v) is 3.32. The van der Waals surface area contributed by atoms with Crippen molar-refractivity contribution in [3.8, 4) is 0 Å². The van der Waals surface area contributed by atoms with E-state index in [1.54, 1.807) is 0 Å². The molecule has 22 heavy (non-hydrogen) atoms. The van der Waals surface area contributed by atoms with Gasteiger partial charge in [0, 0.05) is 11.2 Å². The maximum absolute atomic E-state index is 12.7. The molecule has 0 aliphatic carbocycles. The lowest BCUT2D eigenvalue weighted by Gasteiger charge is -2.26. The van der Waals surface area contributed by atoms with Crippen LogP contribution in [0.4, 0.5) is 5.69 Å². The van der Waals surface area contributed by atoms with Gasteiger partial charge >= 0.3 is 0 Å². The van der Waals surface area contributed by atoms with Crippen molar-refractivity contribution in [2.24, 2.45) is 0 Å². The van der Waals surface area contributed by atoms with Crippen LogP contribution in [0, 0.1) is 0 Å². The molecular formula is C19H24N2O. The fourth-order valence-electron chi connectivity index (χ4n) is 2.13. The lowest BCUT2D eigenvalue weighted by Crippen LogP contribution is -2.44. The number of benzene rings is 2. The van der Waals surface area contributed by atoms with Crippen molar-refractivity contribution in [1.29, 1.82) is 0 Å². The lowest BCUT2D eigenvalue weighted by molar-refractivity contribution is -0.118. The predicted octanol–water partition coefficient (Wildman–Crippen LogP) is 3.61. The predicted molar refractivity (Wildman–Crippen MR) is 91.8 cm³/mol. The van der Waals surface area contributed by atoms with Gasteiger partial charge in [0.05, 0.1) is 13.1 Å². The number of carbonyl (C=O) groups is 1. The molecule has 0 aromatic heterocycles. The number of carbonyl (C=O) groups excluding carboxylic acids is 1. The van der Waals surface area contributed by atoms with Crippen molar-refractivity contribution < 1.29 is 4.79 Å². The second kappa shape index (κ2) is 7.23. The molecule has 0 heterocycles. The summed E-state index contributed by atoms with van der Waals surface area (Å²) in [4.78, 5) is 14.5. The van der Waals surface area contributed by atoms with E-state index in [1.807, 2.05) is 65.6 Å². The summed E-state index contributed by atoms with van der Waals surface area (Å²) in [6, 6.07) is 19.9. The van der Waals surface area contributed by atoms with Crippen molar-refractivity contribution in [3.63, 3.8) is 0 Å². The third kappa shape index (κ3) is 5.01. The van der Waals surface area contributed by atoms with Gasteiger partial charge < -0.3 is 10.2 Å². The van der Waals surface area contributed by atoms with Crippen LogP contribution in [0.15, 0.2) is 60.7 Å². The molecule has 1 amide bonds. The minimum atomic E-state index is -0.0786. The highest BCUT2D eigenvalue weighted by molar-refractivity contribution is 5.94. The minimum Gasteiger partial charge on any atom is -0.307 e. The molecule has 0 bridgehead atoms. The van der Waals surface area contributed by atoms with Crippen molar-refractivity contribution in [2.45, 2.75) is 32.9 Å². The number of anilines is 1. The lowest BCUT2D eigenvalue weighted by atomic mass is 10.1. The first-order valence-corrected chi connectivity index (χ1v) is 7.60. The Bertz CT molecular complexity index is 588. The first-order valence-electron chi connectivity index (χ1n) is 7.60. The molecule has 0 aliphatic heterocycles. The number of hydrogen-bond donors (Lipinski definition) is 1. The fourth-order valence-corrected chi connectivity index (χ4v) is 2.13. The van der Waals surface area contributed by atoms with E-state index in [0.29, 0.717) is 13.1 Å². The molecule has 0 atom stereocenters. The highest BCUT2D eigenvalue weighted by Crippen LogP contribution is 2.17. The van der Waals surface area contributed by atoms with Crippen LogP contribution in [0.3, 0.4) is 0 Å². The molecule has 1 N–H and O–H groups in total.